The summed E-state index contributed by atoms with van der Waals surface area (Å²) in [5, 5.41) is 31.5. The number of nitrogens with zero attached hydrogens (tertiary/aromatic N) is 1. The number of amides is 2. The lowest BCUT2D eigenvalue weighted by molar-refractivity contribution is -0.140. The van der Waals surface area contributed by atoms with E-state index >= 15 is 0 Å². The van der Waals surface area contributed by atoms with Gasteiger partial charge in [-0.3, -0.25) is 14.5 Å². The highest BCUT2D eigenvalue weighted by Gasteiger charge is 2.54. The average Bonchev–Trinajstić information content (AvgIpc) is 3.17. The van der Waals surface area contributed by atoms with E-state index in [1.807, 2.05) is 43.3 Å². The van der Waals surface area contributed by atoms with Crippen molar-refractivity contribution in [1.82, 2.24) is 4.90 Å². The van der Waals surface area contributed by atoms with Gasteiger partial charge in [0.2, 0.25) is 11.8 Å². The third-order valence-corrected chi connectivity index (χ3v) is 7.74. The van der Waals surface area contributed by atoms with Crippen molar-refractivity contribution < 1.29 is 34.0 Å². The van der Waals surface area contributed by atoms with Gasteiger partial charge in [-0.05, 0) is 65.7 Å². The van der Waals surface area contributed by atoms with Crippen molar-refractivity contribution in [2.24, 2.45) is 17.8 Å². The second-order valence-corrected chi connectivity index (χ2v) is 10.2. The number of carbonyl (C=O) groups excluding carboxylic acids is 2. The predicted octanol–water partition coefficient (Wildman–Crippen LogP) is 4.18. The Bertz CT molecular complexity index is 1260. The number of hydrogen-bond donors (Lipinski definition) is 3. The summed E-state index contributed by atoms with van der Waals surface area (Å²) in [5.41, 5.74) is 3.64. The van der Waals surface area contributed by atoms with Crippen LogP contribution in [-0.4, -0.2) is 65.0 Å². The molecule has 7 nitrogen and oxygen atoms in total. The Morgan fingerprint density at radius 2 is 1.92 bits per heavy atom. The zero-order valence-corrected chi connectivity index (χ0v) is 22.3. The Morgan fingerprint density at radius 1 is 1.18 bits per heavy atom. The minimum atomic E-state index is -0.986. The van der Waals surface area contributed by atoms with Crippen LogP contribution in [0.1, 0.15) is 43.7 Å². The fourth-order valence-corrected chi connectivity index (χ4v) is 5.99. The van der Waals surface area contributed by atoms with Crippen LogP contribution in [0.25, 0.3) is 11.6 Å². The Morgan fingerprint density at radius 3 is 2.56 bits per heavy atom. The topological polar surface area (TPSA) is 107 Å². The van der Waals surface area contributed by atoms with Gasteiger partial charge in [0, 0.05) is 19.6 Å². The van der Waals surface area contributed by atoms with Crippen LogP contribution >= 0.6 is 0 Å². The third-order valence-electron chi connectivity index (χ3n) is 7.74. The molecule has 1 fully saturated rings. The van der Waals surface area contributed by atoms with Gasteiger partial charge >= 0.3 is 0 Å². The molecule has 39 heavy (non-hydrogen) atoms. The van der Waals surface area contributed by atoms with E-state index in [9.17, 15) is 29.3 Å². The SMILES string of the molecule is CCCN1C(=O)[C@@H]2[C@@H](CC(COC)=C([C@H](O)CC/C(=C/c3ccc(O)c(F)c3)c3ccccc3)[C@@H]2CO)C1=O. The van der Waals surface area contributed by atoms with Gasteiger partial charge in [0.15, 0.2) is 11.6 Å². The van der Waals surface area contributed by atoms with E-state index in [-0.39, 0.29) is 31.4 Å². The summed E-state index contributed by atoms with van der Waals surface area (Å²) in [5.74, 6) is -3.60. The number of aromatic hydroxyl groups is 1. The molecule has 4 rings (SSSR count). The third kappa shape index (κ3) is 5.98. The van der Waals surface area contributed by atoms with Crippen LogP contribution in [0.3, 0.4) is 0 Å². The van der Waals surface area contributed by atoms with Gasteiger partial charge in [-0.1, -0.05) is 49.4 Å². The molecule has 3 N–H and O–H groups in total. The summed E-state index contributed by atoms with van der Waals surface area (Å²) in [7, 11) is 1.54. The second kappa shape index (κ2) is 12.7. The van der Waals surface area contributed by atoms with Gasteiger partial charge in [-0.2, -0.15) is 0 Å². The molecule has 0 spiro atoms. The van der Waals surface area contributed by atoms with Crippen LogP contribution in [-0.2, 0) is 14.3 Å². The number of phenols is 1. The first-order valence-corrected chi connectivity index (χ1v) is 13.4. The molecule has 0 unspecified atom stereocenters. The Kier molecular flexibility index (Phi) is 9.32. The van der Waals surface area contributed by atoms with Crippen LogP contribution in [0.2, 0.25) is 0 Å². The number of phenolic OH excluding ortho intramolecular Hbond substituents is 1. The van der Waals surface area contributed by atoms with Crippen molar-refractivity contribution in [1.29, 1.82) is 0 Å². The van der Waals surface area contributed by atoms with Crippen LogP contribution in [0.15, 0.2) is 59.7 Å². The Balaban J connectivity index is 1.64. The maximum atomic E-state index is 14.0. The zero-order valence-electron chi connectivity index (χ0n) is 22.3. The quantitative estimate of drug-likeness (QED) is 0.226. The number of likely N-dealkylation sites (tertiary alicyclic amines) is 1. The number of halogens is 1. The lowest BCUT2D eigenvalue weighted by atomic mass is 9.68. The molecular formula is C31H36FNO6. The molecule has 0 saturated carbocycles. The predicted molar refractivity (Wildman–Crippen MR) is 146 cm³/mol. The minimum Gasteiger partial charge on any atom is -0.505 e. The number of aliphatic hydroxyl groups is 2. The number of imide groups is 1. The molecule has 8 heteroatoms. The highest BCUT2D eigenvalue weighted by molar-refractivity contribution is 6.05. The summed E-state index contributed by atoms with van der Waals surface area (Å²) in [4.78, 5) is 27.6. The number of aliphatic hydroxyl groups excluding tert-OH is 2. The van der Waals surface area contributed by atoms with Crippen LogP contribution in [0, 0.1) is 23.6 Å². The van der Waals surface area contributed by atoms with E-state index in [1.165, 1.54) is 24.1 Å². The summed E-state index contributed by atoms with van der Waals surface area (Å²) < 4.78 is 19.4. The number of carbonyl (C=O) groups is 2. The lowest BCUT2D eigenvalue weighted by Gasteiger charge is -2.36. The second-order valence-electron chi connectivity index (χ2n) is 10.2. The first kappa shape index (κ1) is 28.7. The van der Waals surface area contributed by atoms with Gasteiger partial charge < -0.3 is 20.1 Å². The zero-order chi connectivity index (χ0) is 28.1. The largest absolute Gasteiger partial charge is 0.505 e. The number of benzene rings is 2. The van der Waals surface area contributed by atoms with Crippen molar-refractivity contribution in [2.45, 2.75) is 38.7 Å². The molecule has 2 aliphatic rings. The van der Waals surface area contributed by atoms with Crippen molar-refractivity contribution in [3.63, 3.8) is 0 Å². The van der Waals surface area contributed by atoms with Crippen LogP contribution in [0.4, 0.5) is 4.39 Å². The molecule has 1 aliphatic carbocycles. The smallest absolute Gasteiger partial charge is 0.233 e. The van der Waals surface area contributed by atoms with Crippen molar-refractivity contribution in [3.05, 3.63) is 76.6 Å². The first-order chi connectivity index (χ1) is 18.8. The molecule has 1 aliphatic heterocycles. The molecule has 0 radical (unpaired) electrons. The van der Waals surface area contributed by atoms with Crippen LogP contribution in [0.5, 0.6) is 5.75 Å². The molecule has 2 aromatic carbocycles. The van der Waals surface area contributed by atoms with Crippen LogP contribution < -0.4 is 0 Å². The molecule has 2 aromatic rings. The average molecular weight is 538 g/mol. The number of methoxy groups -OCH3 is 1. The fraction of sp³-hybridized carbons (Fsp3) is 0.419. The molecule has 4 atom stereocenters. The van der Waals surface area contributed by atoms with E-state index in [1.54, 1.807) is 6.07 Å². The maximum Gasteiger partial charge on any atom is 0.233 e. The van der Waals surface area contributed by atoms with E-state index in [0.29, 0.717) is 36.9 Å². The number of hydrogen-bond acceptors (Lipinski definition) is 6. The number of fused-ring (bicyclic) bond motifs is 1. The fourth-order valence-electron chi connectivity index (χ4n) is 5.99. The number of ether oxygens (including phenoxy) is 1. The molecule has 0 aromatic heterocycles. The molecule has 1 heterocycles. The van der Waals surface area contributed by atoms with Gasteiger partial charge in [-0.15, -0.1) is 0 Å². The Hall–Kier alpha value is -3.33. The molecule has 1 saturated heterocycles. The van der Waals surface area contributed by atoms with E-state index < -0.39 is 35.4 Å². The molecule has 2 amide bonds. The first-order valence-electron chi connectivity index (χ1n) is 13.4. The monoisotopic (exact) mass is 537 g/mol. The van der Waals surface area contributed by atoms with Crippen molar-refractivity contribution in [2.75, 3.05) is 26.9 Å². The van der Waals surface area contributed by atoms with E-state index in [4.69, 9.17) is 4.74 Å². The molecule has 0 bridgehead atoms. The summed E-state index contributed by atoms with van der Waals surface area (Å²) in [6, 6.07) is 13.7. The van der Waals surface area contributed by atoms with Crippen molar-refractivity contribution in [3.8, 4) is 5.75 Å². The maximum absolute atomic E-state index is 14.0. The van der Waals surface area contributed by atoms with Gasteiger partial charge in [0.05, 0.1) is 31.2 Å². The summed E-state index contributed by atoms with van der Waals surface area (Å²) in [6.45, 7) is 2.06. The standard InChI is InChI=1S/C31H36FNO6/c1-3-13-33-30(37)23-16-22(18-39-2)28(24(17-34)29(23)31(33)38)27(36)12-10-21(20-7-5-4-6-8-20)14-19-9-11-26(35)25(32)15-19/h4-9,11,14-15,23-24,27,29,34-36H,3,10,12-13,16-18H2,1-2H3/b21-14-/t23-,24+,27-,29-/m1/s1. The number of rotatable bonds is 11. The normalized spacial score (nSPS) is 22.4. The van der Waals surface area contributed by atoms with Gasteiger partial charge in [0.25, 0.3) is 0 Å². The lowest BCUT2D eigenvalue weighted by Crippen LogP contribution is -2.39. The van der Waals surface area contributed by atoms with E-state index in [0.717, 1.165) is 16.7 Å². The highest BCUT2D eigenvalue weighted by Crippen LogP contribution is 2.46. The summed E-state index contributed by atoms with van der Waals surface area (Å²) >= 11 is 0. The minimum absolute atomic E-state index is 0.190. The highest BCUT2D eigenvalue weighted by atomic mass is 19.1. The van der Waals surface area contributed by atoms with Gasteiger partial charge in [0.1, 0.15) is 0 Å². The Labute approximate surface area is 228 Å². The molecular weight excluding hydrogens is 501 g/mol. The number of allylic oxidation sites excluding steroid dienone is 1. The molecule has 208 valence electrons. The van der Waals surface area contributed by atoms with E-state index in [2.05, 4.69) is 0 Å². The summed E-state index contributed by atoms with van der Waals surface area (Å²) in [6.07, 6.45) is 2.47. The van der Waals surface area contributed by atoms with Crippen molar-refractivity contribution >= 4 is 23.5 Å². The van der Waals surface area contributed by atoms with Gasteiger partial charge in [-0.25, -0.2) is 4.39 Å².